The van der Waals surface area contributed by atoms with E-state index in [1.54, 1.807) is 30.0 Å². The van der Waals surface area contributed by atoms with Crippen molar-refractivity contribution in [2.75, 3.05) is 4.90 Å². The number of fused-ring (bicyclic) bond motifs is 1. The Kier molecular flexibility index (Phi) is 5.54. The summed E-state index contributed by atoms with van der Waals surface area (Å²) in [5, 5.41) is 0.797. The number of hydrogen-bond donors (Lipinski definition) is 0. The number of anilines is 1. The van der Waals surface area contributed by atoms with Crippen LogP contribution in [0.25, 0.3) is 0 Å². The molecule has 6 heteroatoms. The number of carbonyl (C=O) groups excluding carboxylic acids is 2. The zero-order valence-electron chi connectivity index (χ0n) is 14.5. The lowest BCUT2D eigenvalue weighted by Gasteiger charge is -2.26. The number of carbonyl (C=O) groups is 2. The van der Waals surface area contributed by atoms with E-state index in [9.17, 15) is 9.59 Å². The predicted octanol–water partition coefficient (Wildman–Crippen LogP) is 4.45. The predicted molar refractivity (Wildman–Crippen MR) is 103 cm³/mol. The second-order valence-electron chi connectivity index (χ2n) is 6.40. The summed E-state index contributed by atoms with van der Waals surface area (Å²) in [4.78, 5) is 26.8. The van der Waals surface area contributed by atoms with Gasteiger partial charge in [0.2, 0.25) is 0 Å². The zero-order chi connectivity index (χ0) is 18.8. The Hall–Kier alpha value is -2.04. The molecule has 0 spiro atoms. The Labute approximate surface area is 162 Å². The monoisotopic (exact) mass is 391 g/mol. The van der Waals surface area contributed by atoms with Crippen molar-refractivity contribution in [1.29, 1.82) is 0 Å². The van der Waals surface area contributed by atoms with Crippen LogP contribution in [0.3, 0.4) is 0 Å². The maximum Gasteiger partial charge on any atom is 0.311 e. The van der Waals surface area contributed by atoms with E-state index in [1.807, 2.05) is 31.2 Å². The van der Waals surface area contributed by atoms with E-state index in [0.29, 0.717) is 15.6 Å². The highest BCUT2D eigenvalue weighted by Crippen LogP contribution is 2.32. The summed E-state index contributed by atoms with van der Waals surface area (Å²) in [6.07, 6.45) is -0.183. The van der Waals surface area contributed by atoms with E-state index in [-0.39, 0.29) is 18.4 Å². The number of ether oxygens (including phenoxy) is 1. The van der Waals surface area contributed by atoms with Crippen LogP contribution in [0.1, 0.15) is 25.0 Å². The number of nitrogens with zero attached hydrogens (tertiary/aromatic N) is 1. The normalized spacial score (nSPS) is 16.9. The van der Waals surface area contributed by atoms with Crippen LogP contribution in [-0.4, -0.2) is 24.0 Å². The molecule has 0 aromatic heterocycles. The van der Waals surface area contributed by atoms with Crippen molar-refractivity contribution in [1.82, 2.24) is 0 Å². The molecule has 0 fully saturated rings. The molecule has 1 aliphatic rings. The van der Waals surface area contributed by atoms with Crippen molar-refractivity contribution in [3.63, 3.8) is 0 Å². The molecule has 4 nitrogen and oxygen atoms in total. The minimum atomic E-state index is -0.891. The molecular weight excluding hydrogens is 373 g/mol. The molecule has 0 saturated carbocycles. The first-order chi connectivity index (χ1) is 12.4. The van der Waals surface area contributed by atoms with E-state index >= 15 is 0 Å². The minimum Gasteiger partial charge on any atom is -0.452 e. The molecule has 0 bridgehead atoms. The molecule has 0 N–H and O–H groups in total. The standard InChI is InChI=1S/C20H19Cl2NO3/c1-12-10-14-6-3-4-9-18(14)23(12)20(25)13(2)26-19(24)11-15-16(21)7-5-8-17(15)22/h3-9,12-13H,10-11H2,1-2H3/t12-,13-/m0/s1. The molecule has 26 heavy (non-hydrogen) atoms. The minimum absolute atomic E-state index is 0.0269. The van der Waals surface area contributed by atoms with Crippen LogP contribution in [0.2, 0.25) is 10.0 Å². The van der Waals surface area contributed by atoms with Crippen LogP contribution >= 0.6 is 23.2 Å². The molecule has 3 rings (SSSR count). The van der Waals surface area contributed by atoms with Gasteiger partial charge < -0.3 is 9.64 Å². The molecule has 2 aromatic rings. The lowest BCUT2D eigenvalue weighted by atomic mass is 10.1. The maximum absolute atomic E-state index is 12.8. The number of hydrogen-bond acceptors (Lipinski definition) is 3. The van der Waals surface area contributed by atoms with Crippen LogP contribution in [0, 0.1) is 0 Å². The number of rotatable bonds is 4. The third-order valence-electron chi connectivity index (χ3n) is 4.48. The van der Waals surface area contributed by atoms with Gasteiger partial charge in [0.1, 0.15) is 0 Å². The SMILES string of the molecule is C[C@H](OC(=O)Cc1c(Cl)cccc1Cl)C(=O)N1c2ccccc2C[C@@H]1C. The van der Waals surface area contributed by atoms with Crippen molar-refractivity contribution in [3.8, 4) is 0 Å². The maximum atomic E-state index is 12.8. The van der Waals surface area contributed by atoms with Crippen molar-refractivity contribution in [2.24, 2.45) is 0 Å². The summed E-state index contributed by atoms with van der Waals surface area (Å²) in [5.41, 5.74) is 2.50. The summed E-state index contributed by atoms with van der Waals surface area (Å²) >= 11 is 12.2. The van der Waals surface area contributed by atoms with E-state index < -0.39 is 12.1 Å². The molecule has 0 aliphatic carbocycles. The molecule has 0 unspecified atom stereocenters. The van der Waals surface area contributed by atoms with E-state index in [4.69, 9.17) is 27.9 Å². The quantitative estimate of drug-likeness (QED) is 0.723. The summed E-state index contributed by atoms with van der Waals surface area (Å²) in [6, 6.07) is 12.8. The van der Waals surface area contributed by atoms with Gasteiger partial charge in [-0.15, -0.1) is 0 Å². The second kappa shape index (κ2) is 7.68. The largest absolute Gasteiger partial charge is 0.452 e. The summed E-state index contributed by atoms with van der Waals surface area (Å²) in [6.45, 7) is 3.57. The number of amides is 1. The van der Waals surface area contributed by atoms with Gasteiger partial charge in [-0.3, -0.25) is 9.59 Å². The highest BCUT2D eigenvalue weighted by Gasteiger charge is 2.34. The fraction of sp³-hybridized carbons (Fsp3) is 0.300. The average Bonchev–Trinajstić information content (AvgIpc) is 2.93. The molecular formula is C20H19Cl2NO3. The Balaban J connectivity index is 1.69. The first kappa shape index (κ1) is 18.7. The Bertz CT molecular complexity index is 832. The van der Waals surface area contributed by atoms with Crippen molar-refractivity contribution < 1.29 is 14.3 Å². The first-order valence-electron chi connectivity index (χ1n) is 8.42. The lowest BCUT2D eigenvalue weighted by molar-refractivity contribution is -0.153. The Morgan fingerprint density at radius 3 is 2.50 bits per heavy atom. The first-order valence-corrected chi connectivity index (χ1v) is 9.17. The molecule has 0 radical (unpaired) electrons. The van der Waals surface area contributed by atoms with Crippen LogP contribution in [0.15, 0.2) is 42.5 Å². The summed E-state index contributed by atoms with van der Waals surface area (Å²) in [5.74, 6) is -0.776. The highest BCUT2D eigenvalue weighted by molar-refractivity contribution is 6.36. The fourth-order valence-electron chi connectivity index (χ4n) is 3.23. The third kappa shape index (κ3) is 3.71. The van der Waals surface area contributed by atoms with Crippen LogP contribution in [-0.2, 0) is 27.2 Å². The van der Waals surface area contributed by atoms with Crippen molar-refractivity contribution in [2.45, 2.75) is 38.8 Å². The Morgan fingerprint density at radius 2 is 1.81 bits per heavy atom. The smallest absolute Gasteiger partial charge is 0.311 e. The highest BCUT2D eigenvalue weighted by atomic mass is 35.5. The number of halogens is 2. The molecule has 1 heterocycles. The zero-order valence-corrected chi connectivity index (χ0v) is 16.1. The van der Waals surface area contributed by atoms with Crippen LogP contribution in [0.4, 0.5) is 5.69 Å². The van der Waals surface area contributed by atoms with Gasteiger partial charge in [-0.2, -0.15) is 0 Å². The molecule has 1 aliphatic heterocycles. The average molecular weight is 392 g/mol. The molecule has 2 atom stereocenters. The van der Waals surface area contributed by atoms with Crippen LogP contribution in [0.5, 0.6) is 0 Å². The van der Waals surface area contributed by atoms with E-state index in [0.717, 1.165) is 17.7 Å². The van der Waals surface area contributed by atoms with Gasteiger partial charge in [-0.05, 0) is 44.0 Å². The van der Waals surface area contributed by atoms with Gasteiger partial charge in [0.05, 0.1) is 6.42 Å². The number of esters is 1. The van der Waals surface area contributed by atoms with E-state index in [1.165, 1.54) is 0 Å². The summed E-state index contributed by atoms with van der Waals surface area (Å²) < 4.78 is 5.35. The second-order valence-corrected chi connectivity index (χ2v) is 7.21. The Morgan fingerprint density at radius 1 is 1.15 bits per heavy atom. The molecule has 0 saturated heterocycles. The van der Waals surface area contributed by atoms with Crippen molar-refractivity contribution in [3.05, 3.63) is 63.6 Å². The lowest BCUT2D eigenvalue weighted by Crippen LogP contribution is -2.43. The number of benzene rings is 2. The van der Waals surface area contributed by atoms with E-state index in [2.05, 4.69) is 0 Å². The fourth-order valence-corrected chi connectivity index (χ4v) is 3.76. The van der Waals surface area contributed by atoms with Gasteiger partial charge >= 0.3 is 5.97 Å². The summed E-state index contributed by atoms with van der Waals surface area (Å²) in [7, 11) is 0. The number of para-hydroxylation sites is 1. The van der Waals surface area contributed by atoms with Crippen LogP contribution < -0.4 is 4.90 Å². The van der Waals surface area contributed by atoms with Gasteiger partial charge in [0.15, 0.2) is 6.10 Å². The van der Waals surface area contributed by atoms with Gasteiger partial charge in [-0.1, -0.05) is 47.5 Å². The van der Waals surface area contributed by atoms with Crippen molar-refractivity contribution >= 4 is 40.8 Å². The molecule has 1 amide bonds. The van der Waals surface area contributed by atoms with Gasteiger partial charge in [-0.25, -0.2) is 0 Å². The molecule has 136 valence electrons. The van der Waals surface area contributed by atoms with Gasteiger partial charge in [0.25, 0.3) is 5.91 Å². The topological polar surface area (TPSA) is 46.6 Å². The third-order valence-corrected chi connectivity index (χ3v) is 5.19. The van der Waals surface area contributed by atoms with Gasteiger partial charge in [0, 0.05) is 27.3 Å². The molecule has 2 aromatic carbocycles.